The lowest BCUT2D eigenvalue weighted by Crippen LogP contribution is -2.28. The molecule has 1 atom stereocenters. The maximum Gasteiger partial charge on any atom is 0.375 e. The highest BCUT2D eigenvalue weighted by atomic mass is 16.7. The van der Waals surface area contributed by atoms with Gasteiger partial charge in [-0.3, -0.25) is 0 Å². The topological polar surface area (TPSA) is 83.1 Å². The van der Waals surface area contributed by atoms with Crippen molar-refractivity contribution in [2.24, 2.45) is 10.9 Å². The molecule has 126 valence electrons. The highest BCUT2D eigenvalue weighted by molar-refractivity contribution is 5.97. The van der Waals surface area contributed by atoms with Gasteiger partial charge < -0.3 is 20.0 Å². The molecule has 0 aliphatic rings. The lowest BCUT2D eigenvalue weighted by Gasteiger charge is -2.14. The van der Waals surface area contributed by atoms with Gasteiger partial charge >= 0.3 is 5.97 Å². The first-order valence-corrected chi connectivity index (χ1v) is 7.54. The smallest absolute Gasteiger partial charge is 0.375 e. The number of nitrogens with zero attached hydrogens (tertiary/aromatic N) is 1. The maximum absolute atomic E-state index is 12.1. The molecule has 2 N–H and O–H groups in total. The second-order valence-electron chi connectivity index (χ2n) is 4.94. The van der Waals surface area contributed by atoms with Gasteiger partial charge in [-0.25, -0.2) is 4.79 Å². The van der Waals surface area contributed by atoms with Gasteiger partial charge in [-0.05, 0) is 42.8 Å². The lowest BCUT2D eigenvalue weighted by molar-refractivity contribution is -0.152. The normalized spacial score (nSPS) is 12.3. The molecule has 6 heteroatoms. The number of carbonyl (C=O) groups excluding carboxylic acids is 1. The van der Waals surface area contributed by atoms with E-state index in [1.807, 2.05) is 25.1 Å². The number of benzene rings is 2. The Morgan fingerprint density at radius 1 is 1.08 bits per heavy atom. The van der Waals surface area contributed by atoms with Gasteiger partial charge in [-0.2, -0.15) is 0 Å². The summed E-state index contributed by atoms with van der Waals surface area (Å²) in [6, 6.07) is 16.0. The fraction of sp³-hybridized carbons (Fsp3) is 0.222. The van der Waals surface area contributed by atoms with Crippen molar-refractivity contribution < 1.29 is 19.1 Å². The zero-order chi connectivity index (χ0) is 17.4. The summed E-state index contributed by atoms with van der Waals surface area (Å²) in [7, 11) is 1.58. The largest absolute Gasteiger partial charge is 0.497 e. The number of carbonyl (C=O) groups is 1. The molecule has 2 aromatic rings. The maximum atomic E-state index is 12.1. The van der Waals surface area contributed by atoms with Crippen LogP contribution in [-0.2, 0) is 9.63 Å². The summed E-state index contributed by atoms with van der Waals surface area (Å²) >= 11 is 0. The predicted molar refractivity (Wildman–Crippen MR) is 91.0 cm³/mol. The molecule has 0 radical (unpaired) electrons. The molecule has 0 bridgehead atoms. The highest BCUT2D eigenvalue weighted by Crippen LogP contribution is 2.14. The van der Waals surface area contributed by atoms with Crippen LogP contribution < -0.4 is 15.2 Å². The van der Waals surface area contributed by atoms with Gasteiger partial charge in [0.1, 0.15) is 11.5 Å². The van der Waals surface area contributed by atoms with Crippen molar-refractivity contribution in [3.8, 4) is 11.5 Å². The molecule has 6 nitrogen and oxygen atoms in total. The highest BCUT2D eigenvalue weighted by Gasteiger charge is 2.20. The summed E-state index contributed by atoms with van der Waals surface area (Å²) in [6.07, 6.45) is -0.300. The van der Waals surface area contributed by atoms with Crippen LogP contribution >= 0.6 is 0 Å². The van der Waals surface area contributed by atoms with Crippen molar-refractivity contribution in [1.29, 1.82) is 0 Å². The molecule has 0 heterocycles. The molecule has 0 amide bonds. The van der Waals surface area contributed by atoms with E-state index in [0.717, 1.165) is 0 Å². The molecule has 0 saturated carbocycles. The molecule has 0 saturated heterocycles. The Morgan fingerprint density at radius 2 is 1.75 bits per heavy atom. The van der Waals surface area contributed by atoms with Crippen LogP contribution in [0.1, 0.15) is 18.9 Å². The van der Waals surface area contributed by atoms with Crippen LogP contribution in [-0.4, -0.2) is 25.0 Å². The molecule has 0 fully saturated rings. The first-order chi connectivity index (χ1) is 11.6. The van der Waals surface area contributed by atoms with Gasteiger partial charge in [0.25, 0.3) is 0 Å². The summed E-state index contributed by atoms with van der Waals surface area (Å²) in [6.45, 7) is 1.82. The first kappa shape index (κ1) is 17.3. The Hall–Kier alpha value is -3.02. The van der Waals surface area contributed by atoms with E-state index in [-0.39, 0.29) is 5.84 Å². The molecule has 0 aliphatic heterocycles. The molecule has 0 aromatic heterocycles. The van der Waals surface area contributed by atoms with Crippen molar-refractivity contribution in [3.63, 3.8) is 0 Å². The monoisotopic (exact) mass is 328 g/mol. The Labute approximate surface area is 140 Å². The van der Waals surface area contributed by atoms with Crippen LogP contribution in [0.2, 0.25) is 0 Å². The summed E-state index contributed by atoms with van der Waals surface area (Å²) < 4.78 is 10.7. The van der Waals surface area contributed by atoms with Gasteiger partial charge in [0.2, 0.25) is 0 Å². The fourth-order valence-electron chi connectivity index (χ4n) is 1.93. The van der Waals surface area contributed by atoms with E-state index in [9.17, 15) is 4.79 Å². The van der Waals surface area contributed by atoms with Crippen molar-refractivity contribution in [2.75, 3.05) is 7.11 Å². The minimum absolute atomic E-state index is 0.0977. The van der Waals surface area contributed by atoms with Crippen LogP contribution in [0.5, 0.6) is 11.5 Å². The summed E-state index contributed by atoms with van der Waals surface area (Å²) in [5.74, 6) is 0.789. The quantitative estimate of drug-likeness (QED) is 0.366. The van der Waals surface area contributed by atoms with Gasteiger partial charge in [-0.15, -0.1) is 0 Å². The molecular formula is C18H20N2O4. The van der Waals surface area contributed by atoms with Crippen molar-refractivity contribution in [1.82, 2.24) is 0 Å². The number of ether oxygens (including phenoxy) is 2. The van der Waals surface area contributed by atoms with Crippen molar-refractivity contribution in [3.05, 3.63) is 60.2 Å². The minimum atomic E-state index is -0.750. The fourth-order valence-corrected chi connectivity index (χ4v) is 1.93. The first-order valence-electron chi connectivity index (χ1n) is 7.54. The summed E-state index contributed by atoms with van der Waals surface area (Å²) in [5.41, 5.74) is 6.45. The average Bonchev–Trinajstić information content (AvgIpc) is 2.64. The molecule has 24 heavy (non-hydrogen) atoms. The third-order valence-electron chi connectivity index (χ3n) is 3.27. The van der Waals surface area contributed by atoms with Crippen molar-refractivity contribution >= 4 is 11.8 Å². The summed E-state index contributed by atoms with van der Waals surface area (Å²) in [4.78, 5) is 17.0. The van der Waals surface area contributed by atoms with Gasteiger partial charge in [0.15, 0.2) is 11.9 Å². The van der Waals surface area contributed by atoms with E-state index in [2.05, 4.69) is 5.16 Å². The zero-order valence-electron chi connectivity index (χ0n) is 13.6. The number of para-hydroxylation sites is 1. The van der Waals surface area contributed by atoms with E-state index < -0.39 is 12.1 Å². The van der Waals surface area contributed by atoms with Crippen LogP contribution in [0, 0.1) is 0 Å². The second-order valence-corrected chi connectivity index (χ2v) is 4.94. The van der Waals surface area contributed by atoms with Crippen LogP contribution in [0.4, 0.5) is 0 Å². The SMILES string of the molecule is CC[C@H](Oc1ccccc1)C(=O)O/N=C(/N)c1ccc(OC)cc1. The molecule has 0 spiro atoms. The Morgan fingerprint density at radius 3 is 2.33 bits per heavy atom. The molecule has 0 aliphatic carbocycles. The van der Waals surface area contributed by atoms with Crippen LogP contribution in [0.15, 0.2) is 59.8 Å². The Kier molecular flexibility index (Phi) is 6.19. The standard InChI is InChI=1S/C18H20N2O4/c1-3-16(23-15-7-5-4-6-8-15)18(21)24-20-17(19)13-9-11-14(22-2)12-10-13/h4-12,16H,3H2,1-2H3,(H2,19,20)/t16-/m0/s1. The number of nitrogens with two attached hydrogens (primary N) is 1. The number of rotatable bonds is 7. The third-order valence-corrected chi connectivity index (χ3v) is 3.27. The Bertz CT molecular complexity index is 684. The number of oxime groups is 1. The van der Waals surface area contributed by atoms with E-state index in [0.29, 0.717) is 23.5 Å². The number of hydrogen-bond acceptors (Lipinski definition) is 5. The van der Waals surface area contributed by atoms with Gasteiger partial charge in [0, 0.05) is 5.56 Å². The van der Waals surface area contributed by atoms with E-state index in [1.165, 1.54) is 0 Å². The van der Waals surface area contributed by atoms with E-state index in [1.54, 1.807) is 43.5 Å². The van der Waals surface area contributed by atoms with E-state index >= 15 is 0 Å². The summed E-state index contributed by atoms with van der Waals surface area (Å²) in [5, 5.41) is 3.68. The number of hydrogen-bond donors (Lipinski definition) is 1. The van der Waals surface area contributed by atoms with Crippen molar-refractivity contribution in [2.45, 2.75) is 19.4 Å². The zero-order valence-corrected chi connectivity index (χ0v) is 13.6. The molecule has 2 aromatic carbocycles. The predicted octanol–water partition coefficient (Wildman–Crippen LogP) is 2.72. The average molecular weight is 328 g/mol. The van der Waals surface area contributed by atoms with E-state index in [4.69, 9.17) is 20.0 Å². The Balaban J connectivity index is 1.98. The van der Waals surface area contributed by atoms with Crippen LogP contribution in [0.25, 0.3) is 0 Å². The molecular weight excluding hydrogens is 308 g/mol. The number of methoxy groups -OCH3 is 1. The molecule has 2 rings (SSSR count). The second kappa shape index (κ2) is 8.57. The minimum Gasteiger partial charge on any atom is -0.497 e. The molecule has 0 unspecified atom stereocenters. The number of amidine groups is 1. The lowest BCUT2D eigenvalue weighted by atomic mass is 10.2. The van der Waals surface area contributed by atoms with Gasteiger partial charge in [-0.1, -0.05) is 30.3 Å². The van der Waals surface area contributed by atoms with Crippen LogP contribution in [0.3, 0.4) is 0 Å². The third kappa shape index (κ3) is 4.74. The van der Waals surface area contributed by atoms with Gasteiger partial charge in [0.05, 0.1) is 7.11 Å².